The van der Waals surface area contributed by atoms with Crippen LogP contribution in [0.15, 0.2) is 56.3 Å². The topological polar surface area (TPSA) is 82.0 Å². The lowest BCUT2D eigenvalue weighted by molar-refractivity contribution is 0.000888. The van der Waals surface area contributed by atoms with Crippen LogP contribution in [0.4, 0.5) is 0 Å². The Bertz CT molecular complexity index is 850. The maximum absolute atomic E-state index is 11.4. The highest BCUT2D eigenvalue weighted by Crippen LogP contribution is 2.22. The maximum Gasteiger partial charge on any atom is 0.336 e. The molecule has 0 fully saturated rings. The van der Waals surface area contributed by atoms with E-state index in [1.807, 2.05) is 13.0 Å². The average Bonchev–Trinajstić information content (AvgIpc) is 3.05. The van der Waals surface area contributed by atoms with E-state index >= 15 is 0 Å². The van der Waals surface area contributed by atoms with Gasteiger partial charge in [0.2, 0.25) is 0 Å². The molecule has 0 saturated heterocycles. The largest absolute Gasteiger partial charge is 0.491 e. The third-order valence-electron chi connectivity index (χ3n) is 3.50. The molecule has 0 amide bonds. The Morgan fingerprint density at radius 3 is 2.88 bits per heavy atom. The van der Waals surface area contributed by atoms with Crippen LogP contribution in [0.25, 0.3) is 11.0 Å². The van der Waals surface area contributed by atoms with Gasteiger partial charge in [0.05, 0.1) is 12.9 Å². The first-order valence-corrected chi connectivity index (χ1v) is 7.57. The fourth-order valence-corrected chi connectivity index (χ4v) is 2.33. The first-order valence-electron chi connectivity index (χ1n) is 7.57. The van der Waals surface area contributed by atoms with Crippen molar-refractivity contribution in [1.29, 1.82) is 0 Å². The number of benzene rings is 1. The molecule has 0 aliphatic rings. The van der Waals surface area contributed by atoms with Crippen molar-refractivity contribution in [3.05, 3.63) is 64.4 Å². The second-order valence-corrected chi connectivity index (χ2v) is 5.47. The summed E-state index contributed by atoms with van der Waals surface area (Å²) >= 11 is 0. The van der Waals surface area contributed by atoms with Crippen LogP contribution in [0.5, 0.6) is 5.75 Å². The molecule has 24 heavy (non-hydrogen) atoms. The highest BCUT2D eigenvalue weighted by Gasteiger charge is 2.08. The van der Waals surface area contributed by atoms with Crippen LogP contribution in [0.3, 0.4) is 0 Å². The summed E-state index contributed by atoms with van der Waals surface area (Å²) in [5.74, 6) is 1.21. The van der Waals surface area contributed by atoms with Gasteiger partial charge in [-0.15, -0.1) is 0 Å². The zero-order valence-electron chi connectivity index (χ0n) is 13.2. The zero-order valence-corrected chi connectivity index (χ0v) is 13.2. The molecule has 6 heteroatoms. The van der Waals surface area contributed by atoms with Gasteiger partial charge < -0.3 is 23.4 Å². The summed E-state index contributed by atoms with van der Waals surface area (Å²) in [6.45, 7) is 2.34. The number of hydrogen-bond donors (Lipinski definition) is 1. The molecule has 0 spiro atoms. The first kappa shape index (κ1) is 16.3. The van der Waals surface area contributed by atoms with Crippen LogP contribution in [-0.2, 0) is 11.3 Å². The molecule has 0 bridgehead atoms. The Morgan fingerprint density at radius 1 is 1.21 bits per heavy atom. The molecule has 0 radical (unpaired) electrons. The number of aliphatic hydroxyl groups is 1. The van der Waals surface area contributed by atoms with E-state index in [1.54, 1.807) is 30.5 Å². The molecule has 126 valence electrons. The second kappa shape index (κ2) is 7.33. The van der Waals surface area contributed by atoms with Gasteiger partial charge in [-0.25, -0.2) is 4.79 Å². The van der Waals surface area contributed by atoms with Crippen molar-refractivity contribution in [2.45, 2.75) is 19.6 Å². The van der Waals surface area contributed by atoms with E-state index in [0.717, 1.165) is 10.9 Å². The van der Waals surface area contributed by atoms with Gasteiger partial charge in [-0.2, -0.15) is 0 Å². The van der Waals surface area contributed by atoms with E-state index in [2.05, 4.69) is 0 Å². The smallest absolute Gasteiger partial charge is 0.336 e. The predicted octanol–water partition coefficient (Wildman–Crippen LogP) is 2.65. The van der Waals surface area contributed by atoms with Gasteiger partial charge in [0.1, 0.15) is 36.4 Å². The van der Waals surface area contributed by atoms with Crippen LogP contribution in [0.1, 0.15) is 11.3 Å². The van der Waals surface area contributed by atoms with Crippen molar-refractivity contribution in [1.82, 2.24) is 0 Å². The van der Waals surface area contributed by atoms with Crippen LogP contribution < -0.4 is 10.4 Å². The SMILES string of the molecule is Cc1cc(=O)oc2cc(OCC(O)COCc3ccco3)ccc12. The lowest BCUT2D eigenvalue weighted by Gasteiger charge is -2.13. The van der Waals surface area contributed by atoms with Crippen molar-refractivity contribution >= 4 is 11.0 Å². The molecule has 0 aliphatic carbocycles. The number of rotatable bonds is 7. The van der Waals surface area contributed by atoms with Crippen molar-refractivity contribution in [2.75, 3.05) is 13.2 Å². The Kier molecular flexibility index (Phi) is 4.98. The molecular formula is C18H18O6. The Balaban J connectivity index is 1.54. The summed E-state index contributed by atoms with van der Waals surface area (Å²) in [7, 11) is 0. The van der Waals surface area contributed by atoms with Crippen LogP contribution in [0, 0.1) is 6.92 Å². The van der Waals surface area contributed by atoms with Crippen molar-refractivity contribution in [2.24, 2.45) is 0 Å². The highest BCUT2D eigenvalue weighted by atomic mass is 16.5. The Hall–Kier alpha value is -2.57. The standard InChI is InChI=1S/C18H18O6/c1-12-7-18(20)24-17-8-14(4-5-16(12)17)23-10-13(19)9-21-11-15-3-2-6-22-15/h2-8,13,19H,9-11H2,1H3. The molecule has 1 atom stereocenters. The van der Waals surface area contributed by atoms with Gasteiger partial charge >= 0.3 is 5.63 Å². The molecule has 0 aliphatic heterocycles. The number of aryl methyl sites for hydroxylation is 1. The molecule has 0 saturated carbocycles. The van der Waals surface area contributed by atoms with Gasteiger partial charge in [0, 0.05) is 17.5 Å². The van der Waals surface area contributed by atoms with E-state index < -0.39 is 11.7 Å². The van der Waals surface area contributed by atoms with Crippen molar-refractivity contribution in [3.8, 4) is 5.75 Å². The fraction of sp³-hybridized carbons (Fsp3) is 0.278. The summed E-state index contributed by atoms with van der Waals surface area (Å²) in [6.07, 6.45) is 0.790. The summed E-state index contributed by atoms with van der Waals surface area (Å²) in [6, 6.07) is 10.3. The maximum atomic E-state index is 11.4. The van der Waals surface area contributed by atoms with E-state index in [1.165, 1.54) is 6.07 Å². The molecule has 1 aromatic carbocycles. The Morgan fingerprint density at radius 2 is 2.08 bits per heavy atom. The van der Waals surface area contributed by atoms with Crippen LogP contribution in [-0.4, -0.2) is 24.4 Å². The van der Waals surface area contributed by atoms with Crippen LogP contribution in [0.2, 0.25) is 0 Å². The average molecular weight is 330 g/mol. The second-order valence-electron chi connectivity index (χ2n) is 5.47. The normalized spacial score (nSPS) is 12.4. The lowest BCUT2D eigenvalue weighted by Crippen LogP contribution is -2.23. The van der Waals surface area contributed by atoms with Crippen LogP contribution >= 0.6 is 0 Å². The van der Waals surface area contributed by atoms with Crippen molar-refractivity contribution in [3.63, 3.8) is 0 Å². The highest BCUT2D eigenvalue weighted by molar-refractivity contribution is 5.81. The molecule has 2 heterocycles. The predicted molar refractivity (Wildman–Crippen MR) is 87.1 cm³/mol. The number of hydrogen-bond acceptors (Lipinski definition) is 6. The van der Waals surface area contributed by atoms with Gasteiger partial charge in [-0.3, -0.25) is 0 Å². The molecule has 1 unspecified atom stereocenters. The lowest BCUT2D eigenvalue weighted by atomic mass is 10.1. The number of furan rings is 1. The monoisotopic (exact) mass is 330 g/mol. The number of aliphatic hydroxyl groups excluding tert-OH is 1. The number of ether oxygens (including phenoxy) is 2. The summed E-state index contributed by atoms with van der Waals surface area (Å²) in [5, 5.41) is 10.7. The molecule has 3 aromatic rings. The van der Waals surface area contributed by atoms with E-state index in [4.69, 9.17) is 18.3 Å². The van der Waals surface area contributed by atoms with Gasteiger partial charge in [0.15, 0.2) is 0 Å². The third kappa shape index (κ3) is 4.04. The minimum Gasteiger partial charge on any atom is -0.491 e. The Labute approximate surface area is 138 Å². The minimum absolute atomic E-state index is 0.0692. The summed E-state index contributed by atoms with van der Waals surface area (Å²) < 4.78 is 21.2. The molecule has 6 nitrogen and oxygen atoms in total. The van der Waals surface area contributed by atoms with E-state index in [0.29, 0.717) is 23.7 Å². The molecule has 3 rings (SSSR count). The third-order valence-corrected chi connectivity index (χ3v) is 3.50. The minimum atomic E-state index is -0.778. The molecule has 2 aromatic heterocycles. The summed E-state index contributed by atoms with van der Waals surface area (Å²) in [4.78, 5) is 11.4. The van der Waals surface area contributed by atoms with Gasteiger partial charge in [0.25, 0.3) is 0 Å². The van der Waals surface area contributed by atoms with Gasteiger partial charge in [-0.05, 0) is 36.8 Å². The molecule has 1 N–H and O–H groups in total. The quantitative estimate of drug-likeness (QED) is 0.671. The first-order chi connectivity index (χ1) is 11.6. The number of fused-ring (bicyclic) bond motifs is 1. The summed E-state index contributed by atoms with van der Waals surface area (Å²) in [5.41, 5.74) is 0.906. The van der Waals surface area contributed by atoms with Crippen molar-refractivity contribution < 1.29 is 23.4 Å². The molecular weight excluding hydrogens is 312 g/mol. The zero-order chi connectivity index (χ0) is 16.9. The van der Waals surface area contributed by atoms with E-state index in [-0.39, 0.29) is 13.2 Å². The fourth-order valence-electron chi connectivity index (χ4n) is 2.33. The van der Waals surface area contributed by atoms with E-state index in [9.17, 15) is 9.90 Å². The van der Waals surface area contributed by atoms with Gasteiger partial charge in [-0.1, -0.05) is 0 Å².